The van der Waals surface area contributed by atoms with Gasteiger partial charge in [0, 0.05) is 12.1 Å². The molecule has 0 spiro atoms. The van der Waals surface area contributed by atoms with Crippen LogP contribution < -0.4 is 11.1 Å². The summed E-state index contributed by atoms with van der Waals surface area (Å²) in [5.74, 6) is -0.164. The van der Waals surface area contributed by atoms with Crippen LogP contribution in [0.25, 0.3) is 0 Å². The van der Waals surface area contributed by atoms with Gasteiger partial charge >= 0.3 is 5.97 Å². The molecule has 1 aliphatic rings. The van der Waals surface area contributed by atoms with Gasteiger partial charge in [0.15, 0.2) is 0 Å². The molecular formula is C13H18N2O2. The zero-order valence-electron chi connectivity index (χ0n) is 10.0. The van der Waals surface area contributed by atoms with Crippen LogP contribution >= 0.6 is 0 Å². The molecule has 17 heavy (non-hydrogen) atoms. The van der Waals surface area contributed by atoms with Crippen LogP contribution in [0.4, 0.5) is 5.69 Å². The van der Waals surface area contributed by atoms with E-state index in [9.17, 15) is 4.79 Å². The van der Waals surface area contributed by atoms with Gasteiger partial charge in [0.05, 0.1) is 13.3 Å². The van der Waals surface area contributed by atoms with Crippen molar-refractivity contribution in [3.8, 4) is 0 Å². The Labute approximate surface area is 101 Å². The molecule has 1 aromatic carbocycles. The van der Waals surface area contributed by atoms with E-state index in [1.54, 1.807) is 0 Å². The van der Waals surface area contributed by atoms with Gasteiger partial charge in [0.2, 0.25) is 0 Å². The zero-order chi connectivity index (χ0) is 12.3. The second kappa shape index (κ2) is 5.19. The van der Waals surface area contributed by atoms with Crippen molar-refractivity contribution >= 4 is 11.7 Å². The number of carbonyl (C=O) groups excluding carboxylic acids is 1. The zero-order valence-corrected chi connectivity index (χ0v) is 10.0. The summed E-state index contributed by atoms with van der Waals surface area (Å²) in [7, 11) is 1.42. The number of rotatable bonds is 3. The van der Waals surface area contributed by atoms with Crippen molar-refractivity contribution in [2.45, 2.75) is 31.8 Å². The molecule has 92 valence electrons. The Hall–Kier alpha value is -1.55. The van der Waals surface area contributed by atoms with E-state index in [2.05, 4.69) is 16.1 Å². The predicted molar refractivity (Wildman–Crippen MR) is 66.7 cm³/mol. The van der Waals surface area contributed by atoms with Gasteiger partial charge in [-0.15, -0.1) is 0 Å². The van der Waals surface area contributed by atoms with Crippen molar-refractivity contribution < 1.29 is 9.53 Å². The molecule has 0 saturated carbocycles. The summed E-state index contributed by atoms with van der Waals surface area (Å²) >= 11 is 0. The molecule has 4 nitrogen and oxygen atoms in total. The summed E-state index contributed by atoms with van der Waals surface area (Å²) in [6.45, 7) is 0. The molecule has 1 atom stereocenters. The first-order valence-electron chi connectivity index (χ1n) is 5.90. The van der Waals surface area contributed by atoms with Crippen LogP contribution in [-0.2, 0) is 22.4 Å². The number of anilines is 1. The second-order valence-electron chi connectivity index (χ2n) is 4.36. The molecule has 2 rings (SSSR count). The number of benzene rings is 1. The Kier molecular flexibility index (Phi) is 3.64. The second-order valence-corrected chi connectivity index (χ2v) is 4.36. The van der Waals surface area contributed by atoms with E-state index in [-0.39, 0.29) is 12.1 Å². The van der Waals surface area contributed by atoms with Crippen LogP contribution in [0.1, 0.15) is 24.0 Å². The van der Waals surface area contributed by atoms with E-state index in [0.29, 0.717) is 6.42 Å². The monoisotopic (exact) mass is 234 g/mol. The number of hydrogen-bond donors (Lipinski definition) is 2. The Bertz CT molecular complexity index is 418. The van der Waals surface area contributed by atoms with Gasteiger partial charge in [-0.25, -0.2) is 0 Å². The molecule has 0 bridgehead atoms. The maximum atomic E-state index is 11.1. The standard InChI is InChI=1S/C13H18N2O2/c1-17-13(16)7-3-9-2-5-11-10(8-9)4-6-12(14)15-11/h2,5,8,12,15H,3-4,6-7,14H2,1H3/t12-/m0/s1. The fourth-order valence-corrected chi connectivity index (χ4v) is 2.08. The van der Waals surface area contributed by atoms with Crippen LogP contribution in [0, 0.1) is 0 Å². The molecule has 0 saturated heterocycles. The molecule has 0 unspecified atom stereocenters. The summed E-state index contributed by atoms with van der Waals surface area (Å²) < 4.78 is 4.63. The molecule has 0 aromatic heterocycles. The van der Waals surface area contributed by atoms with Crippen LogP contribution in [0.2, 0.25) is 0 Å². The van der Waals surface area contributed by atoms with Gasteiger partial charge in [-0.2, -0.15) is 0 Å². The van der Waals surface area contributed by atoms with Crippen molar-refractivity contribution in [2.75, 3.05) is 12.4 Å². The predicted octanol–water partition coefficient (Wildman–Crippen LogP) is 1.44. The minimum atomic E-state index is -0.164. The highest BCUT2D eigenvalue weighted by atomic mass is 16.5. The highest BCUT2D eigenvalue weighted by Crippen LogP contribution is 2.24. The lowest BCUT2D eigenvalue weighted by Crippen LogP contribution is -2.33. The van der Waals surface area contributed by atoms with E-state index >= 15 is 0 Å². The third kappa shape index (κ3) is 2.97. The third-order valence-corrected chi connectivity index (χ3v) is 3.08. The molecule has 4 heteroatoms. The van der Waals surface area contributed by atoms with Crippen LogP contribution in [0.3, 0.4) is 0 Å². The number of hydrogen-bond acceptors (Lipinski definition) is 4. The van der Waals surface area contributed by atoms with Crippen molar-refractivity contribution in [3.05, 3.63) is 29.3 Å². The van der Waals surface area contributed by atoms with Gasteiger partial charge in [0.25, 0.3) is 0 Å². The molecule has 0 aliphatic carbocycles. The minimum Gasteiger partial charge on any atom is -0.469 e. The maximum Gasteiger partial charge on any atom is 0.305 e. The lowest BCUT2D eigenvalue weighted by molar-refractivity contribution is -0.140. The van der Waals surface area contributed by atoms with E-state index in [4.69, 9.17) is 5.73 Å². The first-order chi connectivity index (χ1) is 8.19. The topological polar surface area (TPSA) is 64.3 Å². The molecule has 0 radical (unpaired) electrons. The average Bonchev–Trinajstić information content (AvgIpc) is 2.35. The highest BCUT2D eigenvalue weighted by molar-refractivity contribution is 5.69. The summed E-state index contributed by atoms with van der Waals surface area (Å²) in [6, 6.07) is 6.23. The van der Waals surface area contributed by atoms with E-state index in [1.165, 1.54) is 18.2 Å². The summed E-state index contributed by atoms with van der Waals surface area (Å²) in [5, 5.41) is 3.25. The Morgan fingerprint density at radius 3 is 3.18 bits per heavy atom. The maximum absolute atomic E-state index is 11.1. The molecule has 0 amide bonds. The van der Waals surface area contributed by atoms with Crippen molar-refractivity contribution in [2.24, 2.45) is 5.73 Å². The third-order valence-electron chi connectivity index (χ3n) is 3.08. The first kappa shape index (κ1) is 11.9. The quantitative estimate of drug-likeness (QED) is 0.777. The lowest BCUT2D eigenvalue weighted by Gasteiger charge is -2.24. The molecular weight excluding hydrogens is 216 g/mol. The number of nitrogens with one attached hydrogen (secondary N) is 1. The lowest BCUT2D eigenvalue weighted by atomic mass is 9.98. The largest absolute Gasteiger partial charge is 0.469 e. The molecule has 1 aromatic rings. The van der Waals surface area contributed by atoms with Gasteiger partial charge in [-0.05, 0) is 36.5 Å². The van der Waals surface area contributed by atoms with Crippen LogP contribution in [0.15, 0.2) is 18.2 Å². The Morgan fingerprint density at radius 2 is 2.41 bits per heavy atom. The van der Waals surface area contributed by atoms with E-state index in [1.807, 2.05) is 12.1 Å². The SMILES string of the molecule is COC(=O)CCc1ccc2c(c1)CC[C@@H](N)N2. The van der Waals surface area contributed by atoms with Gasteiger partial charge in [-0.3, -0.25) is 4.79 Å². The minimum absolute atomic E-state index is 0.0587. The van der Waals surface area contributed by atoms with Crippen LogP contribution in [-0.4, -0.2) is 19.2 Å². The fraction of sp³-hybridized carbons (Fsp3) is 0.462. The Balaban J connectivity index is 2.04. The molecule has 3 N–H and O–H groups in total. The smallest absolute Gasteiger partial charge is 0.305 e. The van der Waals surface area contributed by atoms with Gasteiger partial charge < -0.3 is 15.8 Å². The molecule has 0 fully saturated rings. The van der Waals surface area contributed by atoms with Gasteiger partial charge in [-0.1, -0.05) is 12.1 Å². The highest BCUT2D eigenvalue weighted by Gasteiger charge is 2.14. The summed E-state index contributed by atoms with van der Waals surface area (Å²) in [4.78, 5) is 11.1. The fourth-order valence-electron chi connectivity index (χ4n) is 2.08. The Morgan fingerprint density at radius 1 is 1.59 bits per heavy atom. The summed E-state index contributed by atoms with van der Waals surface area (Å²) in [6.07, 6.45) is 3.17. The van der Waals surface area contributed by atoms with Crippen molar-refractivity contribution in [1.29, 1.82) is 0 Å². The van der Waals surface area contributed by atoms with E-state index in [0.717, 1.165) is 24.9 Å². The number of carbonyl (C=O) groups is 1. The number of esters is 1. The number of nitrogens with two attached hydrogens (primary N) is 1. The number of aryl methyl sites for hydroxylation is 2. The number of fused-ring (bicyclic) bond motifs is 1. The normalized spacial score (nSPS) is 18.1. The molecule has 1 aliphatic heterocycles. The van der Waals surface area contributed by atoms with Crippen molar-refractivity contribution in [3.63, 3.8) is 0 Å². The van der Waals surface area contributed by atoms with Gasteiger partial charge in [0.1, 0.15) is 0 Å². The average molecular weight is 234 g/mol. The summed E-state index contributed by atoms with van der Waals surface area (Å²) in [5.41, 5.74) is 9.41. The number of methoxy groups -OCH3 is 1. The van der Waals surface area contributed by atoms with Crippen molar-refractivity contribution in [1.82, 2.24) is 0 Å². The van der Waals surface area contributed by atoms with E-state index < -0.39 is 0 Å². The number of ether oxygens (including phenoxy) is 1. The van der Waals surface area contributed by atoms with Crippen LogP contribution in [0.5, 0.6) is 0 Å². The first-order valence-corrected chi connectivity index (χ1v) is 5.90. The molecule has 1 heterocycles.